The Kier molecular flexibility index (Phi) is 43.9. The van der Waals surface area contributed by atoms with E-state index < -0.39 is 142 Å². The van der Waals surface area contributed by atoms with Crippen LogP contribution in [0.4, 0.5) is 19.3 Å². The van der Waals surface area contributed by atoms with Crippen LogP contribution in [-0.2, 0) is 107 Å². The molecule has 7 aliphatic rings. The fourth-order valence-corrected chi connectivity index (χ4v) is 18.5. The monoisotopic (exact) mass is 1840 g/mol. The summed E-state index contributed by atoms with van der Waals surface area (Å²) >= 11 is 0. The zero-order valence-electron chi connectivity index (χ0n) is 77.1. The molecule has 34 nitrogen and oxygen atoms in total. The number of rotatable bonds is 60. The van der Waals surface area contributed by atoms with Crippen LogP contribution in [0.2, 0.25) is 0 Å². The molecule has 2 unspecified atom stereocenters. The van der Waals surface area contributed by atoms with Gasteiger partial charge in [-0.2, -0.15) is 0 Å². The number of ketones is 2. The lowest BCUT2D eigenvalue weighted by atomic mass is 9.44. The zero-order chi connectivity index (χ0) is 94.2. The summed E-state index contributed by atoms with van der Waals surface area (Å²) in [5, 5.41) is 34.8. The largest absolute Gasteiger partial charge is 0.399 e. The van der Waals surface area contributed by atoms with Crippen molar-refractivity contribution in [3.63, 3.8) is 0 Å². The molecule has 728 valence electrons. The third kappa shape index (κ3) is 30.3. The molecule has 0 radical (unpaired) electrons. The van der Waals surface area contributed by atoms with Crippen molar-refractivity contribution in [2.45, 2.75) is 230 Å². The first kappa shape index (κ1) is 106. The second kappa shape index (κ2) is 54.4. The quantitative estimate of drug-likeness (QED) is 0.0282. The van der Waals surface area contributed by atoms with Crippen LogP contribution >= 0.6 is 0 Å². The van der Waals surface area contributed by atoms with E-state index in [1.807, 2.05) is 55.5 Å². The highest BCUT2D eigenvalue weighted by atomic mass is 19.1. The van der Waals surface area contributed by atoms with Gasteiger partial charge in [-0.3, -0.25) is 43.2 Å². The second-order valence-electron chi connectivity index (χ2n) is 34.9. The summed E-state index contributed by atoms with van der Waals surface area (Å²) in [6.07, 6.45) is 3.38. The molecule has 9 amide bonds. The predicted molar refractivity (Wildman–Crippen MR) is 480 cm³/mol. The number of fused-ring (bicyclic) bond motifs is 9. The molecule has 2 heterocycles. The van der Waals surface area contributed by atoms with Gasteiger partial charge in [0.1, 0.15) is 30.9 Å². The Balaban J connectivity index is 0.740. The number of urea groups is 1. The Morgan fingerprint density at radius 2 is 1.23 bits per heavy atom. The number of aliphatic hydroxyl groups is 1. The van der Waals surface area contributed by atoms with Gasteiger partial charge in [0.15, 0.2) is 29.1 Å². The van der Waals surface area contributed by atoms with Crippen LogP contribution in [0, 0.1) is 40.4 Å². The van der Waals surface area contributed by atoms with Crippen LogP contribution in [0.15, 0.2) is 83.7 Å². The topological polar surface area (TPSA) is 453 Å². The number of nitrogens with two attached hydrogens (primary N) is 2. The fourth-order valence-electron chi connectivity index (χ4n) is 18.5. The summed E-state index contributed by atoms with van der Waals surface area (Å²) in [6.45, 7) is 17.0. The van der Waals surface area contributed by atoms with Gasteiger partial charge in [-0.1, -0.05) is 102 Å². The number of nitrogens with one attached hydrogen (secondary N) is 8. The molecule has 2 aromatic rings. The molecule has 13 N–H and O–H groups in total. The molecule has 2 aliphatic heterocycles. The summed E-state index contributed by atoms with van der Waals surface area (Å²) in [4.78, 5) is 139. The van der Waals surface area contributed by atoms with Gasteiger partial charge in [-0.05, 0) is 144 Å². The predicted octanol–water partition coefficient (Wildman–Crippen LogP) is 5.63. The summed E-state index contributed by atoms with van der Waals surface area (Å²) in [6, 6.07) is 10.3. The zero-order valence-corrected chi connectivity index (χ0v) is 77.1. The van der Waals surface area contributed by atoms with Gasteiger partial charge >= 0.3 is 6.03 Å². The van der Waals surface area contributed by atoms with Crippen molar-refractivity contribution in [2.24, 2.45) is 40.1 Å². The number of unbranched alkanes of at least 4 members (excludes halogenated alkanes) is 1. The summed E-state index contributed by atoms with van der Waals surface area (Å²) in [5.41, 5.74) is 9.16. The summed E-state index contributed by atoms with van der Waals surface area (Å²) in [7, 11) is 0. The second-order valence-corrected chi connectivity index (χ2v) is 34.9. The number of benzene rings is 2. The molecule has 5 aliphatic carbocycles. The Morgan fingerprint density at radius 1 is 0.626 bits per heavy atom. The van der Waals surface area contributed by atoms with Crippen molar-refractivity contribution in [3.8, 4) is 11.8 Å². The highest BCUT2D eigenvalue weighted by Gasteiger charge is 2.80. The molecule has 2 aromatic carbocycles. The highest BCUT2D eigenvalue weighted by Crippen LogP contribution is 2.72. The molecule has 4 fully saturated rings. The highest BCUT2D eigenvalue weighted by molar-refractivity contribution is 6.02. The van der Waals surface area contributed by atoms with Crippen molar-refractivity contribution >= 4 is 64.6 Å². The van der Waals surface area contributed by atoms with Crippen molar-refractivity contribution in [1.82, 2.24) is 42.5 Å². The average Bonchev–Trinajstić information content (AvgIpc) is 1.52. The number of para-hydroxylation sites is 1. The molecular weight excluding hydrogens is 1700 g/mol. The number of carbonyl (C=O) groups is 10. The number of anilines is 1. The van der Waals surface area contributed by atoms with Crippen molar-refractivity contribution in [1.29, 1.82) is 0 Å². The number of aliphatic hydroxyl groups excluding tert-OH is 1. The van der Waals surface area contributed by atoms with E-state index in [9.17, 15) is 48.3 Å². The van der Waals surface area contributed by atoms with Crippen LogP contribution < -0.4 is 58.9 Å². The number of hydrogen-bond donors (Lipinski definition) is 11. The van der Waals surface area contributed by atoms with Gasteiger partial charge in [-0.15, -0.1) is 0 Å². The smallest absolute Gasteiger partial charge is 0.312 e. The van der Waals surface area contributed by atoms with Crippen LogP contribution in [0.3, 0.4) is 0 Å². The van der Waals surface area contributed by atoms with E-state index in [-0.39, 0.29) is 161 Å². The van der Waals surface area contributed by atoms with Gasteiger partial charge in [0.2, 0.25) is 41.4 Å². The average molecular weight is 1840 g/mol. The number of hydrogen-bond acceptors (Lipinski definition) is 25. The van der Waals surface area contributed by atoms with Crippen LogP contribution in [-0.4, -0.2) is 282 Å². The van der Waals surface area contributed by atoms with E-state index in [0.29, 0.717) is 116 Å². The number of halogens is 2. The molecule has 1 saturated heterocycles. The Hall–Kier alpha value is -8.94. The van der Waals surface area contributed by atoms with Gasteiger partial charge in [0.05, 0.1) is 155 Å². The SMILES string of the molecule is CCCOCCOCCOCCOCCOCCNC1=C(N)C(OCC(=O)NCCCC[C@@H](NC(=O)CCOCCOCCOCCOCCNC(=O)CCC(=O)N2Cc3ccccc3C#Cc3ccccc32)C(=O)N[C@H](C(=O)N[C@@H](CCCNC(N)=O)C(=O)NCC(=O)[C@@]23OC(CCC)O[C@@H]2C[C@H]2[C@@H]4C[C@H](F)C5=CC(=O)C=C[C@]5(C)[C@@]4(F)[C@@H](O)C[C@@]23C)C(C)C)CCCCC1. The molecule has 9 rings (SSSR count). The normalized spacial score (nSPS) is 24.2. The lowest BCUT2D eigenvalue weighted by molar-refractivity contribution is -0.234. The number of carbonyl (C=O) groups excluding carboxylic acids is 10. The Bertz CT molecular complexity index is 4230. The first-order valence-electron chi connectivity index (χ1n) is 46.8. The third-order valence-electron chi connectivity index (χ3n) is 25.3. The van der Waals surface area contributed by atoms with E-state index in [2.05, 4.69) is 61.3 Å². The molecule has 14 atom stereocenters. The lowest BCUT2D eigenvalue weighted by Gasteiger charge is -2.63. The van der Waals surface area contributed by atoms with Crippen LogP contribution in [0.5, 0.6) is 0 Å². The summed E-state index contributed by atoms with van der Waals surface area (Å²) in [5.74, 6) is -1.22. The third-order valence-corrected chi connectivity index (χ3v) is 25.3. The van der Waals surface area contributed by atoms with E-state index in [1.165, 1.54) is 19.1 Å². The fraction of sp³-hybridized carbons (Fsp3) is 0.684. The number of amides is 9. The van der Waals surface area contributed by atoms with Gasteiger partial charge in [0.25, 0.3) is 0 Å². The van der Waals surface area contributed by atoms with Gasteiger partial charge in [-0.25, -0.2) is 13.6 Å². The maximum atomic E-state index is 18.3. The maximum Gasteiger partial charge on any atom is 0.312 e. The minimum Gasteiger partial charge on any atom is -0.399 e. The molecule has 36 heteroatoms. The molecule has 0 aromatic heterocycles. The van der Waals surface area contributed by atoms with E-state index >= 15 is 13.6 Å². The van der Waals surface area contributed by atoms with Crippen molar-refractivity contribution in [2.75, 3.05) is 163 Å². The molecule has 3 saturated carbocycles. The minimum atomic E-state index is -2.47. The van der Waals surface area contributed by atoms with Gasteiger partial charge < -0.3 is 121 Å². The molecule has 0 bridgehead atoms. The maximum absolute atomic E-state index is 18.3. The summed E-state index contributed by atoms with van der Waals surface area (Å²) < 4.78 is 105. The first-order chi connectivity index (χ1) is 63.2. The number of alkyl halides is 2. The van der Waals surface area contributed by atoms with E-state index in [1.54, 1.807) is 25.7 Å². The number of Topliss-reactive ketones (excluding diaryl/α,β-unsaturated/α-hetero) is 1. The number of allylic oxidation sites excluding steroid dienone is 5. The van der Waals surface area contributed by atoms with Crippen LogP contribution in [0.25, 0.3) is 0 Å². The van der Waals surface area contributed by atoms with Gasteiger partial charge in [0, 0.05) is 85.6 Å². The Labute approximate surface area is 768 Å². The van der Waals surface area contributed by atoms with Crippen molar-refractivity contribution < 1.29 is 119 Å². The minimum absolute atomic E-state index is 0.000181. The van der Waals surface area contributed by atoms with E-state index in [4.69, 9.17) is 68.3 Å². The lowest BCUT2D eigenvalue weighted by Crippen LogP contribution is -2.71. The molecular formula is C95H141F2N11O23. The standard InChI is InChI=1S/C95H141F2N11O23/c1-7-19-85-130-80-59-69-70-58-72(96)71-57-68(109)32-34-92(71,5)94(70,97)78(110)60-93(69,6)95(80,131-85)79(111)61-104-88(116)74(25-18-36-103-91(99)119)106-90(118)87(64(3)4)107-89(117)75(24-16-17-35-101-83(114)63-129-77-27-11-9-10-23-73(86(77)98)100-37-41-122-45-49-126-54-56-128-55-51-124-47-43-120-39-8-2)105-82(113)33-40-121-44-48-125-52-53-127-50-46-123-42-38-102-81(112)30-31-84(115)108-62-67-22-13-12-20-65(67)28-29-66-21-14-15-26-76(66)108/h12-15,20-22,26,32,34,57,64,69-70,72,74-75,77-78,80,85,87,100,110H,7-11,16-19,23-25,27,30-31,33,35-56,58-63,98H2,1-6H3,(H,101,114)(H,102,112)(H,104,116)(H,105,113)(H,106,118)(H,107,117)(H3,99,103,119)/t69-,70-,72-,74-,75+,77?,78-,80+,85?,87-,92-,93-,94-,95+/m0/s1. The molecule has 131 heavy (non-hydrogen) atoms. The van der Waals surface area contributed by atoms with Crippen LogP contribution in [0.1, 0.15) is 180 Å². The molecule has 0 spiro atoms. The first-order valence-corrected chi connectivity index (χ1v) is 46.8. The Morgan fingerprint density at radius 3 is 1.89 bits per heavy atom. The number of nitrogens with zero attached hydrogens (tertiary/aromatic N) is 1. The number of primary amides is 1. The number of ether oxygens (including phenoxy) is 12. The van der Waals surface area contributed by atoms with Crippen molar-refractivity contribution in [3.05, 3.63) is 100 Å². The van der Waals surface area contributed by atoms with E-state index in [0.717, 1.165) is 60.8 Å².